The highest BCUT2D eigenvalue weighted by molar-refractivity contribution is 8.00. The molecule has 0 aliphatic carbocycles. The van der Waals surface area contributed by atoms with Crippen LogP contribution in [0.25, 0.3) is 0 Å². The van der Waals surface area contributed by atoms with Gasteiger partial charge in [-0.2, -0.15) is 5.10 Å². The van der Waals surface area contributed by atoms with Gasteiger partial charge in [0, 0.05) is 12.8 Å². The number of nitrogens with one attached hydrogen (secondary N) is 1. The van der Waals surface area contributed by atoms with Crippen molar-refractivity contribution in [2.45, 2.75) is 25.5 Å². The molecule has 8 heteroatoms. The molecule has 1 atom stereocenters. The fourth-order valence-electron chi connectivity index (χ4n) is 1.95. The number of carbonyl (C=O) groups excluding carboxylic acids is 1. The van der Waals surface area contributed by atoms with E-state index in [9.17, 15) is 9.59 Å². The van der Waals surface area contributed by atoms with Gasteiger partial charge in [-0.25, -0.2) is 0 Å². The number of hydrogen-bond donors (Lipinski definition) is 2. The largest absolute Gasteiger partial charge is 0.481 e. The zero-order valence-corrected chi connectivity index (χ0v) is 11.8. The van der Waals surface area contributed by atoms with E-state index in [4.69, 9.17) is 9.84 Å². The number of hydrogen-bond acceptors (Lipinski definition) is 5. The summed E-state index contributed by atoms with van der Waals surface area (Å²) >= 11 is 1.06. The van der Waals surface area contributed by atoms with E-state index < -0.39 is 5.97 Å². The number of aromatic nitrogens is 2. The molecular weight excluding hydrogens is 282 g/mol. The van der Waals surface area contributed by atoms with E-state index in [0.717, 1.165) is 31.2 Å². The molecule has 2 heterocycles. The second kappa shape index (κ2) is 7.30. The van der Waals surface area contributed by atoms with E-state index >= 15 is 0 Å². The van der Waals surface area contributed by atoms with E-state index in [1.165, 1.54) is 0 Å². The number of rotatable bonds is 7. The molecule has 2 rings (SSSR count). The summed E-state index contributed by atoms with van der Waals surface area (Å²) in [7, 11) is 0. The highest BCUT2D eigenvalue weighted by atomic mass is 32.2. The molecule has 1 aliphatic rings. The number of nitrogens with zero attached hydrogens (tertiary/aromatic N) is 2. The lowest BCUT2D eigenvalue weighted by atomic mass is 10.2. The lowest BCUT2D eigenvalue weighted by Gasteiger charge is -2.08. The molecule has 20 heavy (non-hydrogen) atoms. The van der Waals surface area contributed by atoms with Gasteiger partial charge in [0.15, 0.2) is 0 Å². The van der Waals surface area contributed by atoms with Crippen LogP contribution >= 0.6 is 11.8 Å². The van der Waals surface area contributed by atoms with Crippen LogP contribution in [0.15, 0.2) is 12.4 Å². The molecule has 110 valence electrons. The Labute approximate surface area is 120 Å². The van der Waals surface area contributed by atoms with Gasteiger partial charge < -0.3 is 15.2 Å². The Morgan fingerprint density at radius 1 is 1.55 bits per heavy atom. The fourth-order valence-corrected chi connectivity index (χ4v) is 2.49. The summed E-state index contributed by atoms with van der Waals surface area (Å²) in [5.41, 5.74) is 0.615. The molecule has 1 unspecified atom stereocenters. The van der Waals surface area contributed by atoms with Crippen LogP contribution in [0.1, 0.15) is 12.8 Å². The topological polar surface area (TPSA) is 93.5 Å². The first-order valence-corrected chi connectivity index (χ1v) is 7.52. The van der Waals surface area contributed by atoms with E-state index in [2.05, 4.69) is 10.4 Å². The SMILES string of the molecule is O=C(O)CSCC(=O)Nc1cnn(CC2CCCO2)c1. The van der Waals surface area contributed by atoms with Gasteiger partial charge in [0.25, 0.3) is 0 Å². The van der Waals surface area contributed by atoms with Crippen molar-refractivity contribution in [1.29, 1.82) is 0 Å². The summed E-state index contributed by atoms with van der Waals surface area (Å²) in [5.74, 6) is -1.12. The van der Waals surface area contributed by atoms with Crippen LogP contribution in [0.2, 0.25) is 0 Å². The lowest BCUT2D eigenvalue weighted by molar-refractivity contribution is -0.133. The van der Waals surface area contributed by atoms with Crippen LogP contribution in [-0.4, -0.2) is 51.0 Å². The fraction of sp³-hybridized carbons (Fsp3) is 0.583. The number of ether oxygens (including phenoxy) is 1. The average molecular weight is 299 g/mol. The number of carboxylic acids is 1. The number of amides is 1. The normalized spacial score (nSPS) is 18.1. The van der Waals surface area contributed by atoms with Crippen LogP contribution < -0.4 is 5.32 Å². The van der Waals surface area contributed by atoms with Crippen molar-refractivity contribution in [2.24, 2.45) is 0 Å². The van der Waals surface area contributed by atoms with Gasteiger partial charge in [0.1, 0.15) is 0 Å². The van der Waals surface area contributed by atoms with Gasteiger partial charge in [0.2, 0.25) is 5.91 Å². The summed E-state index contributed by atoms with van der Waals surface area (Å²) < 4.78 is 7.26. The minimum absolute atomic E-state index is 0.0777. The standard InChI is InChI=1S/C12H17N3O4S/c16-11(7-20-8-12(17)18)14-9-4-13-15(5-9)6-10-2-1-3-19-10/h4-5,10H,1-3,6-8H2,(H,14,16)(H,17,18). The zero-order valence-electron chi connectivity index (χ0n) is 10.9. The van der Waals surface area contributed by atoms with E-state index in [0.29, 0.717) is 12.2 Å². The Bertz CT molecular complexity index is 471. The predicted molar refractivity (Wildman–Crippen MR) is 74.8 cm³/mol. The van der Waals surface area contributed by atoms with Crippen molar-refractivity contribution in [2.75, 3.05) is 23.4 Å². The Morgan fingerprint density at radius 2 is 2.40 bits per heavy atom. The first kappa shape index (κ1) is 14.9. The minimum Gasteiger partial charge on any atom is -0.481 e. The maximum absolute atomic E-state index is 11.6. The van der Waals surface area contributed by atoms with Gasteiger partial charge in [-0.05, 0) is 12.8 Å². The van der Waals surface area contributed by atoms with Gasteiger partial charge in [-0.3, -0.25) is 14.3 Å². The third-order valence-corrected chi connectivity index (χ3v) is 3.71. The molecule has 1 aromatic heterocycles. The van der Waals surface area contributed by atoms with Crippen LogP contribution in [0.3, 0.4) is 0 Å². The lowest BCUT2D eigenvalue weighted by Crippen LogP contribution is -2.16. The highest BCUT2D eigenvalue weighted by Gasteiger charge is 2.16. The zero-order chi connectivity index (χ0) is 14.4. The molecule has 0 radical (unpaired) electrons. The summed E-state index contributed by atoms with van der Waals surface area (Å²) in [6.07, 6.45) is 5.64. The first-order chi connectivity index (χ1) is 9.63. The van der Waals surface area contributed by atoms with Crippen molar-refractivity contribution in [3.05, 3.63) is 12.4 Å². The smallest absolute Gasteiger partial charge is 0.313 e. The molecule has 1 aromatic rings. The molecule has 1 aliphatic heterocycles. The van der Waals surface area contributed by atoms with Gasteiger partial charge in [-0.15, -0.1) is 11.8 Å². The number of anilines is 1. The van der Waals surface area contributed by atoms with Gasteiger partial charge >= 0.3 is 5.97 Å². The second-order valence-electron chi connectivity index (χ2n) is 4.52. The van der Waals surface area contributed by atoms with Crippen molar-refractivity contribution < 1.29 is 19.4 Å². The third-order valence-electron chi connectivity index (χ3n) is 2.79. The number of thioether (sulfide) groups is 1. The summed E-state index contributed by atoms with van der Waals surface area (Å²) in [4.78, 5) is 21.9. The summed E-state index contributed by atoms with van der Waals surface area (Å²) in [5, 5.41) is 15.3. The summed E-state index contributed by atoms with van der Waals surface area (Å²) in [6.45, 7) is 1.49. The van der Waals surface area contributed by atoms with Gasteiger partial charge in [-0.1, -0.05) is 0 Å². The van der Waals surface area contributed by atoms with Gasteiger partial charge in [0.05, 0.1) is 36.0 Å². The monoisotopic (exact) mass is 299 g/mol. The van der Waals surface area contributed by atoms with Crippen LogP contribution in [0, 0.1) is 0 Å². The maximum Gasteiger partial charge on any atom is 0.313 e. The molecular formula is C12H17N3O4S. The predicted octanol–water partition coefficient (Wildman–Crippen LogP) is 0.818. The molecule has 7 nitrogen and oxygen atoms in total. The van der Waals surface area contributed by atoms with Crippen molar-refractivity contribution in [3.8, 4) is 0 Å². The highest BCUT2D eigenvalue weighted by Crippen LogP contribution is 2.15. The molecule has 1 fully saturated rings. The Morgan fingerprint density at radius 3 is 3.10 bits per heavy atom. The Kier molecular flexibility index (Phi) is 5.42. The average Bonchev–Trinajstić information content (AvgIpc) is 3.01. The van der Waals surface area contributed by atoms with E-state index in [1.54, 1.807) is 17.1 Å². The number of carbonyl (C=O) groups is 2. The van der Waals surface area contributed by atoms with E-state index in [1.807, 2.05) is 0 Å². The van der Waals surface area contributed by atoms with Crippen molar-refractivity contribution in [1.82, 2.24) is 9.78 Å². The van der Waals surface area contributed by atoms with Crippen LogP contribution in [0.5, 0.6) is 0 Å². The van der Waals surface area contributed by atoms with Crippen molar-refractivity contribution >= 4 is 29.3 Å². The minimum atomic E-state index is -0.924. The quantitative estimate of drug-likeness (QED) is 0.774. The molecule has 0 saturated carbocycles. The molecule has 0 aromatic carbocycles. The Balaban J connectivity index is 1.74. The molecule has 0 spiro atoms. The number of aliphatic carboxylic acids is 1. The number of carboxylic acid groups (broad SMARTS) is 1. The van der Waals surface area contributed by atoms with Crippen LogP contribution in [-0.2, 0) is 20.9 Å². The van der Waals surface area contributed by atoms with E-state index in [-0.39, 0.29) is 23.5 Å². The maximum atomic E-state index is 11.6. The second-order valence-corrected chi connectivity index (χ2v) is 5.51. The first-order valence-electron chi connectivity index (χ1n) is 6.37. The molecule has 1 amide bonds. The molecule has 1 saturated heterocycles. The van der Waals surface area contributed by atoms with Crippen molar-refractivity contribution in [3.63, 3.8) is 0 Å². The Hall–Kier alpha value is -1.54. The summed E-state index contributed by atoms with van der Waals surface area (Å²) in [6, 6.07) is 0. The van der Waals surface area contributed by atoms with Crippen LogP contribution in [0.4, 0.5) is 5.69 Å². The third kappa shape index (κ3) is 4.86. The molecule has 0 bridgehead atoms. The molecule has 2 N–H and O–H groups in total.